The Kier molecular flexibility index (Phi) is 4.84. The third kappa shape index (κ3) is 3.82. The zero-order chi connectivity index (χ0) is 16.4. The van der Waals surface area contributed by atoms with Gasteiger partial charge in [0, 0.05) is 10.0 Å². The number of nitrogens with one attached hydrogen (secondary N) is 1. The molecule has 0 saturated heterocycles. The second-order valence-corrected chi connectivity index (χ2v) is 7.98. The van der Waals surface area contributed by atoms with Gasteiger partial charge in [-0.05, 0) is 38.1 Å². The summed E-state index contributed by atoms with van der Waals surface area (Å²) in [5.74, 6) is -0.284. The first kappa shape index (κ1) is 16.9. The molecule has 0 aliphatic rings. The van der Waals surface area contributed by atoms with E-state index in [0.29, 0.717) is 5.56 Å². The van der Waals surface area contributed by atoms with Crippen LogP contribution >= 0.6 is 15.9 Å². The first-order valence-corrected chi connectivity index (χ1v) is 8.89. The van der Waals surface area contributed by atoms with Crippen molar-refractivity contribution in [3.63, 3.8) is 0 Å². The molecule has 1 N–H and O–H groups in total. The lowest BCUT2D eigenvalue weighted by Gasteiger charge is -2.24. The van der Waals surface area contributed by atoms with Crippen LogP contribution in [-0.4, -0.2) is 19.7 Å². The molecule has 0 amide bonds. The van der Waals surface area contributed by atoms with Crippen molar-refractivity contribution in [3.8, 4) is 0 Å². The minimum absolute atomic E-state index is 0.115. The van der Waals surface area contributed by atoms with Crippen molar-refractivity contribution in [2.75, 3.05) is 0 Å². The number of carbonyl (C=O) groups excluding carboxylic acids is 1. The first-order chi connectivity index (χ1) is 10.2. The molecule has 0 aliphatic carbocycles. The van der Waals surface area contributed by atoms with Crippen molar-refractivity contribution in [2.45, 2.75) is 24.3 Å². The van der Waals surface area contributed by atoms with Crippen LogP contribution < -0.4 is 4.72 Å². The third-order valence-electron chi connectivity index (χ3n) is 3.12. The zero-order valence-corrected chi connectivity index (χ0v) is 14.6. The molecule has 0 fully saturated rings. The van der Waals surface area contributed by atoms with E-state index in [-0.39, 0.29) is 10.7 Å². The van der Waals surface area contributed by atoms with Gasteiger partial charge in [0.05, 0.1) is 10.4 Å². The van der Waals surface area contributed by atoms with E-state index in [0.717, 1.165) is 4.47 Å². The van der Waals surface area contributed by atoms with E-state index >= 15 is 0 Å². The number of hydrogen-bond donors (Lipinski definition) is 1. The number of rotatable bonds is 5. The standard InChI is InChI=1S/C16H16BrNO3S/c1-16(2,15(19)12-6-4-3-5-7-12)18-22(20,21)14-10-8-13(17)9-11-14/h3-11,18H,1-2H3. The topological polar surface area (TPSA) is 63.2 Å². The molecule has 6 heteroatoms. The predicted octanol–water partition coefficient (Wildman–Crippen LogP) is 3.39. The van der Waals surface area contributed by atoms with Crippen LogP contribution in [0.15, 0.2) is 64.0 Å². The number of ketones is 1. The molecule has 0 spiro atoms. The maximum absolute atomic E-state index is 12.5. The Morgan fingerprint density at radius 2 is 1.55 bits per heavy atom. The van der Waals surface area contributed by atoms with Gasteiger partial charge in [0.1, 0.15) is 0 Å². The summed E-state index contributed by atoms with van der Waals surface area (Å²) in [5, 5.41) is 0. The maximum Gasteiger partial charge on any atom is 0.241 e. The SMILES string of the molecule is CC(C)(NS(=O)(=O)c1ccc(Br)cc1)C(=O)c1ccccc1. The van der Waals surface area contributed by atoms with Crippen molar-refractivity contribution in [3.05, 3.63) is 64.6 Å². The van der Waals surface area contributed by atoms with Crippen molar-refractivity contribution < 1.29 is 13.2 Å². The van der Waals surface area contributed by atoms with E-state index < -0.39 is 15.6 Å². The molecular weight excluding hydrogens is 366 g/mol. The van der Waals surface area contributed by atoms with E-state index in [2.05, 4.69) is 20.7 Å². The molecule has 0 radical (unpaired) electrons. The quantitative estimate of drug-likeness (QED) is 0.807. The molecule has 0 atom stereocenters. The lowest BCUT2D eigenvalue weighted by atomic mass is 9.94. The minimum Gasteiger partial charge on any atom is -0.292 e. The summed E-state index contributed by atoms with van der Waals surface area (Å²) in [6, 6.07) is 14.9. The van der Waals surface area contributed by atoms with Gasteiger partial charge < -0.3 is 0 Å². The van der Waals surface area contributed by atoms with E-state index in [4.69, 9.17) is 0 Å². The number of hydrogen-bond acceptors (Lipinski definition) is 3. The predicted molar refractivity (Wildman–Crippen MR) is 89.3 cm³/mol. The van der Waals surface area contributed by atoms with Crippen LogP contribution in [0.5, 0.6) is 0 Å². The average molecular weight is 382 g/mol. The van der Waals surface area contributed by atoms with Gasteiger partial charge >= 0.3 is 0 Å². The summed E-state index contributed by atoms with van der Waals surface area (Å²) in [5.41, 5.74) is -0.779. The number of Topliss-reactive ketones (excluding diaryl/α,β-unsaturated/α-hetero) is 1. The summed E-state index contributed by atoms with van der Waals surface area (Å²) in [7, 11) is -3.78. The Bertz CT molecular complexity index is 769. The molecule has 4 nitrogen and oxygen atoms in total. The fourth-order valence-electron chi connectivity index (χ4n) is 2.01. The van der Waals surface area contributed by atoms with Crippen molar-refractivity contribution in [2.24, 2.45) is 0 Å². The van der Waals surface area contributed by atoms with Crippen LogP contribution in [-0.2, 0) is 10.0 Å². The molecule has 0 bridgehead atoms. The molecule has 2 aromatic rings. The Hall–Kier alpha value is -1.50. The lowest BCUT2D eigenvalue weighted by Crippen LogP contribution is -2.49. The molecule has 22 heavy (non-hydrogen) atoms. The van der Waals surface area contributed by atoms with E-state index in [1.807, 2.05) is 0 Å². The Morgan fingerprint density at radius 1 is 1.00 bits per heavy atom. The molecule has 0 heterocycles. The summed E-state index contributed by atoms with van der Waals surface area (Å²) in [4.78, 5) is 12.6. The van der Waals surface area contributed by atoms with Crippen LogP contribution in [0.1, 0.15) is 24.2 Å². The van der Waals surface area contributed by atoms with Crippen LogP contribution in [0, 0.1) is 0 Å². The second kappa shape index (κ2) is 6.32. The van der Waals surface area contributed by atoms with Gasteiger partial charge in [-0.3, -0.25) is 4.79 Å². The molecular formula is C16H16BrNO3S. The highest BCUT2D eigenvalue weighted by molar-refractivity contribution is 9.10. The van der Waals surface area contributed by atoms with Gasteiger partial charge in [-0.25, -0.2) is 8.42 Å². The highest BCUT2D eigenvalue weighted by atomic mass is 79.9. The second-order valence-electron chi connectivity index (χ2n) is 5.38. The van der Waals surface area contributed by atoms with Gasteiger partial charge in [0.15, 0.2) is 5.78 Å². The lowest BCUT2D eigenvalue weighted by molar-refractivity contribution is 0.0901. The molecule has 0 aromatic heterocycles. The highest BCUT2D eigenvalue weighted by Gasteiger charge is 2.33. The Labute approximate surface area is 138 Å². The molecule has 116 valence electrons. The fourth-order valence-corrected chi connectivity index (χ4v) is 3.65. The van der Waals surface area contributed by atoms with Gasteiger partial charge in [-0.2, -0.15) is 4.72 Å². The Balaban J connectivity index is 2.27. The van der Waals surface area contributed by atoms with Crippen molar-refractivity contribution >= 4 is 31.7 Å². The smallest absolute Gasteiger partial charge is 0.241 e. The number of benzene rings is 2. The van der Waals surface area contributed by atoms with Crippen LogP contribution in [0.3, 0.4) is 0 Å². The largest absolute Gasteiger partial charge is 0.292 e. The van der Waals surface area contributed by atoms with Crippen LogP contribution in [0.2, 0.25) is 0 Å². The summed E-state index contributed by atoms with van der Waals surface area (Å²) in [6.45, 7) is 3.11. The van der Waals surface area contributed by atoms with Crippen LogP contribution in [0.4, 0.5) is 0 Å². The number of halogens is 1. The highest BCUT2D eigenvalue weighted by Crippen LogP contribution is 2.19. The van der Waals surface area contributed by atoms with Gasteiger partial charge in [-0.1, -0.05) is 46.3 Å². The molecule has 0 saturated carbocycles. The summed E-state index contributed by atoms with van der Waals surface area (Å²) in [6.07, 6.45) is 0. The number of sulfonamides is 1. The van der Waals surface area contributed by atoms with Gasteiger partial charge in [-0.15, -0.1) is 0 Å². The van der Waals surface area contributed by atoms with Gasteiger partial charge in [0.25, 0.3) is 0 Å². The number of carbonyl (C=O) groups is 1. The normalized spacial score (nSPS) is 12.1. The van der Waals surface area contributed by atoms with Crippen molar-refractivity contribution in [1.29, 1.82) is 0 Å². The first-order valence-electron chi connectivity index (χ1n) is 6.62. The molecule has 0 unspecified atom stereocenters. The Morgan fingerprint density at radius 3 is 2.09 bits per heavy atom. The molecule has 2 aromatic carbocycles. The fraction of sp³-hybridized carbons (Fsp3) is 0.188. The zero-order valence-electron chi connectivity index (χ0n) is 12.2. The molecule has 0 aliphatic heterocycles. The summed E-state index contributed by atoms with van der Waals surface area (Å²) < 4.78 is 28.1. The monoisotopic (exact) mass is 381 g/mol. The minimum atomic E-state index is -3.78. The summed E-state index contributed by atoms with van der Waals surface area (Å²) >= 11 is 3.26. The third-order valence-corrected chi connectivity index (χ3v) is 5.32. The van der Waals surface area contributed by atoms with E-state index in [1.165, 1.54) is 12.1 Å². The van der Waals surface area contributed by atoms with Crippen molar-refractivity contribution in [1.82, 2.24) is 4.72 Å². The molecule has 2 rings (SSSR count). The van der Waals surface area contributed by atoms with Crippen LogP contribution in [0.25, 0.3) is 0 Å². The average Bonchev–Trinajstić information content (AvgIpc) is 2.46. The van der Waals surface area contributed by atoms with E-state index in [9.17, 15) is 13.2 Å². The van der Waals surface area contributed by atoms with E-state index in [1.54, 1.807) is 56.3 Å². The maximum atomic E-state index is 12.5. The van der Waals surface area contributed by atoms with Gasteiger partial charge in [0.2, 0.25) is 10.0 Å².